The zero-order valence-electron chi connectivity index (χ0n) is 17.2. The summed E-state index contributed by atoms with van der Waals surface area (Å²) in [6.45, 7) is 7.95. The first-order valence-corrected chi connectivity index (χ1v) is 10.2. The molecule has 0 saturated heterocycles. The Morgan fingerprint density at radius 1 is 1.07 bits per heavy atom. The van der Waals surface area contributed by atoms with Crippen molar-refractivity contribution in [2.75, 3.05) is 26.7 Å². The average Bonchev–Trinajstić information content (AvgIpc) is 2.63. The Hall–Kier alpha value is -2.04. The number of hydrogen-bond donors (Lipinski definition) is 1. The Balaban J connectivity index is 1.72. The third kappa shape index (κ3) is 7.91. The van der Waals surface area contributed by atoms with Gasteiger partial charge in [0.2, 0.25) is 5.91 Å². The van der Waals surface area contributed by atoms with Gasteiger partial charge in [0.1, 0.15) is 12.4 Å². The molecule has 0 aliphatic carbocycles. The summed E-state index contributed by atoms with van der Waals surface area (Å²) in [5.74, 6) is 1.42. The summed E-state index contributed by atoms with van der Waals surface area (Å²) in [6.07, 6.45) is 1.07. The van der Waals surface area contributed by atoms with Gasteiger partial charge in [-0.2, -0.15) is 0 Å². The van der Waals surface area contributed by atoms with E-state index in [9.17, 15) is 4.79 Å². The molecular weight excluding hydrogens is 372 g/mol. The molecule has 0 bridgehead atoms. The smallest absolute Gasteiger partial charge is 0.234 e. The van der Waals surface area contributed by atoms with E-state index in [0.717, 1.165) is 17.7 Å². The van der Waals surface area contributed by atoms with Gasteiger partial charge in [-0.05, 0) is 61.7 Å². The highest BCUT2D eigenvalue weighted by atomic mass is 35.5. The fourth-order valence-electron chi connectivity index (χ4n) is 2.96. The molecule has 0 heterocycles. The molecule has 0 fully saturated rings. The Morgan fingerprint density at radius 2 is 1.71 bits per heavy atom. The molecule has 1 atom stereocenters. The summed E-state index contributed by atoms with van der Waals surface area (Å²) in [4.78, 5) is 14.3. The highest BCUT2D eigenvalue weighted by Gasteiger charge is 2.12. The normalized spacial score (nSPS) is 12.2. The van der Waals surface area contributed by atoms with Gasteiger partial charge in [0.25, 0.3) is 0 Å². The zero-order valence-corrected chi connectivity index (χ0v) is 18.0. The average molecular weight is 403 g/mol. The van der Waals surface area contributed by atoms with Crippen LogP contribution in [0.1, 0.15) is 37.9 Å². The van der Waals surface area contributed by atoms with E-state index in [4.69, 9.17) is 16.3 Å². The number of benzene rings is 2. The predicted molar refractivity (Wildman–Crippen MR) is 116 cm³/mol. The lowest BCUT2D eigenvalue weighted by Crippen LogP contribution is -2.38. The molecule has 0 aromatic heterocycles. The number of likely N-dealkylation sites (N-methyl/N-ethyl adjacent to an activating group) is 1. The maximum Gasteiger partial charge on any atom is 0.234 e. The fraction of sp³-hybridized carbons (Fsp3) is 0.435. The lowest BCUT2D eigenvalue weighted by atomic mass is 10.00. The summed E-state index contributed by atoms with van der Waals surface area (Å²) in [7, 11) is 1.91. The number of rotatable bonds is 10. The third-order valence-corrected chi connectivity index (χ3v) is 4.72. The molecule has 4 nitrogen and oxygen atoms in total. The van der Waals surface area contributed by atoms with Gasteiger partial charge in [0.05, 0.1) is 12.6 Å². The first-order valence-electron chi connectivity index (χ1n) is 9.78. The molecule has 2 aromatic rings. The van der Waals surface area contributed by atoms with E-state index in [2.05, 4.69) is 43.4 Å². The van der Waals surface area contributed by atoms with Crippen molar-refractivity contribution < 1.29 is 9.53 Å². The van der Waals surface area contributed by atoms with Gasteiger partial charge < -0.3 is 10.1 Å². The van der Waals surface area contributed by atoms with Crippen LogP contribution in [0.3, 0.4) is 0 Å². The van der Waals surface area contributed by atoms with Crippen molar-refractivity contribution in [2.24, 2.45) is 5.92 Å². The van der Waals surface area contributed by atoms with Crippen LogP contribution in [0, 0.1) is 5.92 Å². The molecule has 1 amide bonds. The molecule has 0 unspecified atom stereocenters. The van der Waals surface area contributed by atoms with Crippen LogP contribution in [0.5, 0.6) is 5.75 Å². The van der Waals surface area contributed by atoms with Crippen molar-refractivity contribution in [3.8, 4) is 5.75 Å². The van der Waals surface area contributed by atoms with E-state index in [1.54, 1.807) is 12.1 Å². The number of hydrogen-bond acceptors (Lipinski definition) is 3. The van der Waals surface area contributed by atoms with Gasteiger partial charge in [-0.25, -0.2) is 0 Å². The van der Waals surface area contributed by atoms with E-state index >= 15 is 0 Å². The Kier molecular flexibility index (Phi) is 8.81. The topological polar surface area (TPSA) is 41.6 Å². The Bertz CT molecular complexity index is 729. The minimum Gasteiger partial charge on any atom is -0.492 e. The Morgan fingerprint density at radius 3 is 2.32 bits per heavy atom. The predicted octanol–water partition coefficient (Wildman–Crippen LogP) is 4.73. The number of nitrogens with one attached hydrogen (secondary N) is 1. The van der Waals surface area contributed by atoms with E-state index in [-0.39, 0.29) is 11.9 Å². The molecular formula is C23H31ClN2O2. The summed E-state index contributed by atoms with van der Waals surface area (Å²) in [6, 6.07) is 15.8. The van der Waals surface area contributed by atoms with Gasteiger partial charge in [0, 0.05) is 11.6 Å². The molecule has 0 radical (unpaired) electrons. The molecule has 2 rings (SSSR count). The molecule has 0 saturated carbocycles. The maximum atomic E-state index is 12.3. The van der Waals surface area contributed by atoms with E-state index < -0.39 is 0 Å². The molecule has 0 aliphatic heterocycles. The second kappa shape index (κ2) is 11.1. The van der Waals surface area contributed by atoms with Crippen LogP contribution >= 0.6 is 11.6 Å². The van der Waals surface area contributed by atoms with Crippen LogP contribution in [0.4, 0.5) is 0 Å². The molecule has 1 N–H and O–H groups in total. The minimum atomic E-state index is -0.0145. The van der Waals surface area contributed by atoms with Gasteiger partial charge in [-0.15, -0.1) is 0 Å². The first-order chi connectivity index (χ1) is 13.3. The van der Waals surface area contributed by atoms with Crippen molar-refractivity contribution in [1.29, 1.82) is 0 Å². The van der Waals surface area contributed by atoms with Gasteiger partial charge in [-0.3, -0.25) is 9.69 Å². The van der Waals surface area contributed by atoms with E-state index in [1.807, 2.05) is 31.0 Å². The third-order valence-electron chi connectivity index (χ3n) is 4.47. The lowest BCUT2D eigenvalue weighted by molar-refractivity contribution is -0.122. The van der Waals surface area contributed by atoms with Crippen molar-refractivity contribution in [2.45, 2.75) is 33.2 Å². The van der Waals surface area contributed by atoms with Crippen molar-refractivity contribution in [3.05, 3.63) is 64.7 Å². The van der Waals surface area contributed by atoms with Gasteiger partial charge >= 0.3 is 0 Å². The highest BCUT2D eigenvalue weighted by molar-refractivity contribution is 6.30. The van der Waals surface area contributed by atoms with Crippen LogP contribution in [0.25, 0.3) is 0 Å². The largest absolute Gasteiger partial charge is 0.492 e. The molecule has 152 valence electrons. The fourth-order valence-corrected chi connectivity index (χ4v) is 3.08. The van der Waals surface area contributed by atoms with Crippen molar-refractivity contribution in [1.82, 2.24) is 10.2 Å². The number of halogens is 1. The number of carbonyl (C=O) groups excluding carboxylic acids is 1. The molecule has 5 heteroatoms. The van der Waals surface area contributed by atoms with Crippen LogP contribution < -0.4 is 10.1 Å². The second-order valence-corrected chi connectivity index (χ2v) is 8.11. The van der Waals surface area contributed by atoms with E-state index in [0.29, 0.717) is 30.6 Å². The van der Waals surface area contributed by atoms with Crippen LogP contribution in [0.2, 0.25) is 5.02 Å². The molecule has 0 spiro atoms. The molecule has 0 aliphatic rings. The Labute approximate surface area is 173 Å². The number of amides is 1. The summed E-state index contributed by atoms with van der Waals surface area (Å²) < 4.78 is 5.67. The highest BCUT2D eigenvalue weighted by Crippen LogP contribution is 2.16. The van der Waals surface area contributed by atoms with Crippen LogP contribution in [-0.2, 0) is 11.2 Å². The quantitative estimate of drug-likeness (QED) is 0.624. The SMILES string of the molecule is CC(C)Cc1ccc([C@H](C)NC(=O)CN(C)CCOc2ccc(Cl)cc2)cc1. The van der Waals surface area contributed by atoms with Crippen LogP contribution in [-0.4, -0.2) is 37.6 Å². The number of ether oxygens (including phenoxy) is 1. The van der Waals surface area contributed by atoms with Gasteiger partial charge in [-0.1, -0.05) is 49.7 Å². The zero-order chi connectivity index (χ0) is 20.5. The van der Waals surface area contributed by atoms with Crippen molar-refractivity contribution >= 4 is 17.5 Å². The summed E-state index contributed by atoms with van der Waals surface area (Å²) >= 11 is 5.86. The molecule has 2 aromatic carbocycles. The molecule has 28 heavy (non-hydrogen) atoms. The van der Waals surface area contributed by atoms with E-state index in [1.165, 1.54) is 5.56 Å². The second-order valence-electron chi connectivity index (χ2n) is 7.67. The van der Waals surface area contributed by atoms with Crippen molar-refractivity contribution in [3.63, 3.8) is 0 Å². The first kappa shape index (κ1) is 22.3. The lowest BCUT2D eigenvalue weighted by Gasteiger charge is -2.19. The maximum absolute atomic E-state index is 12.3. The number of nitrogens with zero attached hydrogens (tertiary/aromatic N) is 1. The summed E-state index contributed by atoms with van der Waals surface area (Å²) in [5, 5.41) is 3.75. The standard InChI is InChI=1S/C23H31ClN2O2/c1-17(2)15-19-5-7-20(8-6-19)18(3)25-23(27)16-26(4)13-14-28-22-11-9-21(24)10-12-22/h5-12,17-18H,13-16H2,1-4H3,(H,25,27)/t18-/m0/s1. The number of carbonyl (C=O) groups is 1. The minimum absolute atomic E-state index is 0.00718. The van der Waals surface area contributed by atoms with Crippen LogP contribution in [0.15, 0.2) is 48.5 Å². The monoisotopic (exact) mass is 402 g/mol. The van der Waals surface area contributed by atoms with Gasteiger partial charge in [0.15, 0.2) is 0 Å². The summed E-state index contributed by atoms with van der Waals surface area (Å²) in [5.41, 5.74) is 2.45.